The van der Waals surface area contributed by atoms with Crippen LogP contribution in [0.25, 0.3) is 5.76 Å². The van der Waals surface area contributed by atoms with Gasteiger partial charge in [-0.3, -0.25) is 14.5 Å². The molecule has 0 saturated carbocycles. The lowest BCUT2D eigenvalue weighted by atomic mass is 9.99. The van der Waals surface area contributed by atoms with Gasteiger partial charge in [0, 0.05) is 5.56 Å². The Hall–Kier alpha value is -4.00. The number of hydrogen-bond donors (Lipinski definition) is 2. The predicted molar refractivity (Wildman–Crippen MR) is 109 cm³/mol. The van der Waals surface area contributed by atoms with Crippen LogP contribution in [0.4, 0.5) is 5.69 Å². The number of benzene rings is 2. The molecule has 7 nitrogen and oxygen atoms in total. The third-order valence-electron chi connectivity index (χ3n) is 4.96. The van der Waals surface area contributed by atoms with Crippen LogP contribution in [0.15, 0.2) is 70.7 Å². The van der Waals surface area contributed by atoms with Gasteiger partial charge < -0.3 is 19.4 Å². The lowest BCUT2D eigenvalue weighted by molar-refractivity contribution is -0.132. The Kier molecular flexibility index (Phi) is 4.79. The van der Waals surface area contributed by atoms with Crippen LogP contribution in [0.3, 0.4) is 0 Å². The molecule has 1 fully saturated rings. The highest BCUT2D eigenvalue weighted by Gasteiger charge is 2.49. The summed E-state index contributed by atoms with van der Waals surface area (Å²) in [5.74, 6) is -0.927. The van der Waals surface area contributed by atoms with Crippen LogP contribution in [-0.4, -0.2) is 29.0 Å². The van der Waals surface area contributed by atoms with Crippen LogP contribution >= 0.6 is 0 Å². The second-order valence-corrected chi connectivity index (χ2v) is 6.84. The van der Waals surface area contributed by atoms with Gasteiger partial charge in [0.15, 0.2) is 0 Å². The Morgan fingerprint density at radius 1 is 1.07 bits per heavy atom. The van der Waals surface area contributed by atoms with E-state index in [2.05, 4.69) is 0 Å². The minimum absolute atomic E-state index is 0.133. The number of Topliss-reactive ketones (excluding diaryl/α,β-unsaturated/α-hetero) is 1. The van der Waals surface area contributed by atoms with Crippen molar-refractivity contribution >= 4 is 23.1 Å². The van der Waals surface area contributed by atoms with Crippen molar-refractivity contribution in [2.45, 2.75) is 13.0 Å². The average molecular weight is 405 g/mol. The fourth-order valence-electron chi connectivity index (χ4n) is 3.54. The zero-order chi connectivity index (χ0) is 21.4. The van der Waals surface area contributed by atoms with Crippen molar-refractivity contribution in [2.24, 2.45) is 0 Å². The van der Waals surface area contributed by atoms with Gasteiger partial charge in [-0.1, -0.05) is 24.3 Å². The summed E-state index contributed by atoms with van der Waals surface area (Å²) in [7, 11) is 1.49. The van der Waals surface area contributed by atoms with Crippen molar-refractivity contribution in [3.8, 4) is 11.5 Å². The Labute approximate surface area is 172 Å². The summed E-state index contributed by atoms with van der Waals surface area (Å²) < 4.78 is 10.9. The van der Waals surface area contributed by atoms with Gasteiger partial charge in [-0.15, -0.1) is 0 Å². The molecule has 1 aliphatic rings. The van der Waals surface area contributed by atoms with Crippen LogP contribution in [0.1, 0.15) is 23.1 Å². The molecule has 1 saturated heterocycles. The highest BCUT2D eigenvalue weighted by Crippen LogP contribution is 2.45. The Bertz CT molecular complexity index is 1180. The fourth-order valence-corrected chi connectivity index (χ4v) is 3.54. The molecule has 152 valence electrons. The maximum Gasteiger partial charge on any atom is 0.300 e. The topological polar surface area (TPSA) is 100 Å². The van der Waals surface area contributed by atoms with Crippen molar-refractivity contribution < 1.29 is 29.0 Å². The zero-order valence-corrected chi connectivity index (χ0v) is 16.3. The molecule has 0 radical (unpaired) electrons. The second-order valence-electron chi connectivity index (χ2n) is 6.84. The van der Waals surface area contributed by atoms with E-state index in [9.17, 15) is 19.8 Å². The molecule has 0 aliphatic carbocycles. The number of aliphatic hydroxyl groups excluding tert-OH is 1. The summed E-state index contributed by atoms with van der Waals surface area (Å²) in [6.45, 7) is 1.73. The number of amides is 1. The normalized spacial score (nSPS) is 18.1. The van der Waals surface area contributed by atoms with E-state index in [1.54, 1.807) is 55.5 Å². The minimum Gasteiger partial charge on any atom is -0.507 e. The Morgan fingerprint density at radius 3 is 2.50 bits per heavy atom. The molecule has 0 bridgehead atoms. The first kappa shape index (κ1) is 19.3. The number of hydrogen-bond acceptors (Lipinski definition) is 6. The van der Waals surface area contributed by atoms with E-state index < -0.39 is 17.7 Å². The van der Waals surface area contributed by atoms with Gasteiger partial charge >= 0.3 is 0 Å². The van der Waals surface area contributed by atoms with E-state index in [-0.39, 0.29) is 22.8 Å². The molecular formula is C23H19NO6. The lowest BCUT2D eigenvalue weighted by Crippen LogP contribution is -2.29. The molecule has 1 aromatic heterocycles. The molecule has 1 atom stereocenters. The largest absolute Gasteiger partial charge is 0.507 e. The number of aryl methyl sites for hydroxylation is 1. The van der Waals surface area contributed by atoms with E-state index in [1.165, 1.54) is 19.2 Å². The first-order valence-corrected chi connectivity index (χ1v) is 9.22. The van der Waals surface area contributed by atoms with E-state index >= 15 is 0 Å². The summed E-state index contributed by atoms with van der Waals surface area (Å²) in [4.78, 5) is 27.1. The van der Waals surface area contributed by atoms with Crippen LogP contribution in [0.2, 0.25) is 0 Å². The minimum atomic E-state index is -1.04. The Morgan fingerprint density at radius 2 is 1.83 bits per heavy atom. The molecule has 1 unspecified atom stereocenters. The molecular weight excluding hydrogens is 386 g/mol. The van der Waals surface area contributed by atoms with E-state index in [4.69, 9.17) is 9.15 Å². The second kappa shape index (κ2) is 7.44. The van der Waals surface area contributed by atoms with Crippen LogP contribution < -0.4 is 9.64 Å². The number of phenols is 1. The Balaban J connectivity index is 1.96. The van der Waals surface area contributed by atoms with Crippen molar-refractivity contribution in [1.29, 1.82) is 0 Å². The number of anilines is 1. The van der Waals surface area contributed by atoms with Crippen molar-refractivity contribution in [3.05, 3.63) is 83.3 Å². The highest BCUT2D eigenvalue weighted by atomic mass is 16.5. The monoisotopic (exact) mass is 405 g/mol. The molecule has 0 spiro atoms. The number of ether oxygens (including phenoxy) is 1. The van der Waals surface area contributed by atoms with Gasteiger partial charge in [0.25, 0.3) is 11.7 Å². The SMILES string of the molecule is COc1cccc(/C(O)=C2/C(=O)C(=O)N(c3ccccc3O)C2c2ccc(C)o2)c1. The first-order valence-electron chi connectivity index (χ1n) is 9.22. The van der Waals surface area contributed by atoms with Crippen LogP contribution in [0.5, 0.6) is 11.5 Å². The number of phenolic OH excluding ortho intramolecular Hbond substituents is 1. The smallest absolute Gasteiger partial charge is 0.300 e. The third kappa shape index (κ3) is 3.10. The molecule has 30 heavy (non-hydrogen) atoms. The van der Waals surface area contributed by atoms with E-state index in [0.29, 0.717) is 22.8 Å². The molecule has 2 aromatic carbocycles. The van der Waals surface area contributed by atoms with E-state index in [0.717, 1.165) is 4.90 Å². The molecule has 1 amide bonds. The molecule has 1 aliphatic heterocycles. The van der Waals surface area contributed by atoms with Gasteiger partial charge in [-0.25, -0.2) is 0 Å². The van der Waals surface area contributed by atoms with Gasteiger partial charge in [0.1, 0.15) is 34.8 Å². The third-order valence-corrected chi connectivity index (χ3v) is 4.96. The summed E-state index contributed by atoms with van der Waals surface area (Å²) in [6.07, 6.45) is 0. The summed E-state index contributed by atoms with van der Waals surface area (Å²) in [6, 6.07) is 15.0. The summed E-state index contributed by atoms with van der Waals surface area (Å²) >= 11 is 0. The number of furan rings is 1. The number of para-hydroxylation sites is 2. The van der Waals surface area contributed by atoms with Crippen LogP contribution in [0, 0.1) is 6.92 Å². The number of carbonyl (C=O) groups is 2. The van der Waals surface area contributed by atoms with Gasteiger partial charge in [-0.2, -0.15) is 0 Å². The van der Waals surface area contributed by atoms with Crippen molar-refractivity contribution in [2.75, 3.05) is 12.0 Å². The predicted octanol–water partition coefficient (Wildman–Crippen LogP) is 3.93. The number of aliphatic hydroxyl groups is 1. The van der Waals surface area contributed by atoms with Gasteiger partial charge in [-0.05, 0) is 43.3 Å². The summed E-state index contributed by atoms with van der Waals surface area (Å²) in [5, 5.41) is 21.3. The first-order chi connectivity index (χ1) is 14.4. The average Bonchev–Trinajstić information content (AvgIpc) is 3.29. The van der Waals surface area contributed by atoms with Gasteiger partial charge in [0.2, 0.25) is 0 Å². The molecule has 4 rings (SSSR count). The standard InChI is InChI=1S/C23H19NO6/c1-13-10-11-18(30-13)20-19(21(26)14-6-5-7-15(12-14)29-2)22(27)23(28)24(20)16-8-3-4-9-17(16)25/h3-12,20,25-26H,1-2H3/b21-19-. The molecule has 3 aromatic rings. The molecule has 2 N–H and O–H groups in total. The number of rotatable bonds is 4. The lowest BCUT2D eigenvalue weighted by Gasteiger charge is -2.24. The zero-order valence-electron chi connectivity index (χ0n) is 16.3. The van der Waals surface area contributed by atoms with Crippen LogP contribution in [-0.2, 0) is 9.59 Å². The fraction of sp³-hybridized carbons (Fsp3) is 0.130. The van der Waals surface area contributed by atoms with Gasteiger partial charge in [0.05, 0.1) is 18.4 Å². The maximum atomic E-state index is 13.0. The van der Waals surface area contributed by atoms with Crippen molar-refractivity contribution in [3.63, 3.8) is 0 Å². The number of ketones is 1. The molecule has 2 heterocycles. The maximum absolute atomic E-state index is 13.0. The summed E-state index contributed by atoms with van der Waals surface area (Å²) in [5.41, 5.74) is 0.326. The van der Waals surface area contributed by atoms with Crippen molar-refractivity contribution in [1.82, 2.24) is 0 Å². The quantitative estimate of drug-likeness (QED) is 0.388. The number of aromatic hydroxyl groups is 1. The molecule has 7 heteroatoms. The highest BCUT2D eigenvalue weighted by molar-refractivity contribution is 6.51. The number of nitrogens with zero attached hydrogens (tertiary/aromatic N) is 1. The van der Waals surface area contributed by atoms with E-state index in [1.807, 2.05) is 0 Å². The number of carbonyl (C=O) groups excluding carboxylic acids is 2. The number of methoxy groups -OCH3 is 1.